The molecule has 2 heterocycles. The Morgan fingerprint density at radius 2 is 1.53 bits per heavy atom. The zero-order valence-corrected chi connectivity index (χ0v) is 18.7. The van der Waals surface area contributed by atoms with Crippen LogP contribution in [0, 0.1) is 0 Å². The second-order valence-electron chi connectivity index (χ2n) is 6.82. The Balaban J connectivity index is 1.98. The molecule has 0 aliphatic heterocycles. The van der Waals surface area contributed by atoms with Crippen LogP contribution < -0.4 is 14.2 Å². The highest BCUT2D eigenvalue weighted by Gasteiger charge is 2.22. The second-order valence-corrected chi connectivity index (χ2v) is 7.86. The van der Waals surface area contributed by atoms with Gasteiger partial charge in [-0.3, -0.25) is 0 Å². The third-order valence-electron chi connectivity index (χ3n) is 5.12. The van der Waals surface area contributed by atoms with Gasteiger partial charge in [-0.1, -0.05) is 49.4 Å². The first-order valence-corrected chi connectivity index (χ1v) is 10.7. The van der Waals surface area contributed by atoms with E-state index in [2.05, 4.69) is 38.1 Å². The van der Waals surface area contributed by atoms with Crippen LogP contribution >= 0.6 is 11.3 Å². The van der Waals surface area contributed by atoms with Crippen LogP contribution in [-0.2, 0) is 12.8 Å². The number of methoxy groups -OCH3 is 3. The normalized spacial score (nSPS) is 11.1. The predicted octanol–water partition coefficient (Wildman–Crippen LogP) is 5.28. The summed E-state index contributed by atoms with van der Waals surface area (Å²) in [7, 11) is 4.84. The average molecular weight is 424 g/mol. The topological polar surface area (TPSA) is 57.9 Å². The Hall–Kier alpha value is -3.06. The van der Waals surface area contributed by atoms with Crippen LogP contribution in [0.25, 0.3) is 27.5 Å². The molecule has 0 N–H and O–H groups in total. The Bertz CT molecular complexity index is 1150. The molecule has 0 saturated heterocycles. The van der Waals surface area contributed by atoms with Gasteiger partial charge in [-0.25, -0.2) is 9.50 Å². The third-order valence-corrected chi connectivity index (χ3v) is 6.17. The maximum atomic E-state index is 5.56. The van der Waals surface area contributed by atoms with Crippen molar-refractivity contribution >= 4 is 16.3 Å². The van der Waals surface area contributed by atoms with Crippen molar-refractivity contribution in [2.75, 3.05) is 21.3 Å². The minimum absolute atomic E-state index is 0.560. The first kappa shape index (κ1) is 20.2. The lowest BCUT2D eigenvalue weighted by atomic mass is 10.0. The molecule has 4 aromatic rings. The average Bonchev–Trinajstić information content (AvgIpc) is 3.35. The first-order valence-electron chi connectivity index (χ1n) is 9.91. The van der Waals surface area contributed by atoms with Crippen LogP contribution in [0.5, 0.6) is 17.2 Å². The maximum absolute atomic E-state index is 5.56. The molecule has 0 fully saturated rings. The summed E-state index contributed by atoms with van der Waals surface area (Å²) in [6.07, 6.45) is 1.88. The van der Waals surface area contributed by atoms with Gasteiger partial charge in [-0.05, 0) is 30.5 Å². The Kier molecular flexibility index (Phi) is 5.63. The van der Waals surface area contributed by atoms with Crippen molar-refractivity contribution in [3.8, 4) is 39.8 Å². The summed E-state index contributed by atoms with van der Waals surface area (Å²) in [6.45, 7) is 4.26. The van der Waals surface area contributed by atoms with Crippen LogP contribution in [0.1, 0.15) is 24.4 Å². The molecule has 156 valence electrons. The van der Waals surface area contributed by atoms with Crippen molar-refractivity contribution in [3.05, 3.63) is 47.0 Å². The highest BCUT2D eigenvalue weighted by molar-refractivity contribution is 7.16. The van der Waals surface area contributed by atoms with E-state index in [0.29, 0.717) is 17.2 Å². The zero-order chi connectivity index (χ0) is 21.3. The number of aryl methyl sites for hydroxylation is 2. The Labute approximate surface area is 180 Å². The summed E-state index contributed by atoms with van der Waals surface area (Å²) in [5.41, 5.74) is 5.03. The summed E-state index contributed by atoms with van der Waals surface area (Å²) in [4.78, 5) is 5.81. The summed E-state index contributed by atoms with van der Waals surface area (Å²) >= 11 is 1.61. The van der Waals surface area contributed by atoms with Gasteiger partial charge in [0.15, 0.2) is 11.5 Å². The van der Waals surface area contributed by atoms with Crippen molar-refractivity contribution in [3.63, 3.8) is 0 Å². The largest absolute Gasteiger partial charge is 0.493 e. The number of ether oxygens (including phenoxy) is 3. The van der Waals surface area contributed by atoms with E-state index in [4.69, 9.17) is 24.3 Å². The molecule has 6 nitrogen and oxygen atoms in total. The third kappa shape index (κ3) is 3.39. The number of rotatable bonds is 7. The van der Waals surface area contributed by atoms with E-state index in [-0.39, 0.29) is 0 Å². The van der Waals surface area contributed by atoms with Gasteiger partial charge in [0.25, 0.3) is 0 Å². The van der Waals surface area contributed by atoms with E-state index in [1.54, 1.807) is 32.7 Å². The van der Waals surface area contributed by atoms with E-state index in [0.717, 1.165) is 45.3 Å². The number of fused-ring (bicyclic) bond motifs is 1. The summed E-state index contributed by atoms with van der Waals surface area (Å²) in [5.74, 6) is 1.75. The number of imidazole rings is 1. The first-order chi connectivity index (χ1) is 14.6. The van der Waals surface area contributed by atoms with E-state index in [1.165, 1.54) is 5.56 Å². The molecule has 30 heavy (non-hydrogen) atoms. The van der Waals surface area contributed by atoms with Crippen LogP contribution in [0.4, 0.5) is 0 Å². The number of benzene rings is 2. The molecule has 0 radical (unpaired) electrons. The van der Waals surface area contributed by atoms with Crippen LogP contribution in [0.15, 0.2) is 36.4 Å². The van der Waals surface area contributed by atoms with E-state index in [1.807, 2.05) is 16.6 Å². The standard InChI is InChI=1S/C23H25N3O3S/c1-6-14-8-10-15(11-9-14)21-20(24-23-26(21)25-19(7-2)30-23)16-12-17(27-3)22(29-5)18(13-16)28-4/h8-13H,6-7H2,1-5H3. The number of aromatic nitrogens is 3. The summed E-state index contributed by atoms with van der Waals surface area (Å²) in [5, 5.41) is 5.86. The summed E-state index contributed by atoms with van der Waals surface area (Å²) < 4.78 is 18.5. The lowest BCUT2D eigenvalue weighted by molar-refractivity contribution is 0.324. The fraction of sp³-hybridized carbons (Fsp3) is 0.304. The molecule has 2 aromatic carbocycles. The molecule has 0 atom stereocenters. The Morgan fingerprint density at radius 1 is 0.867 bits per heavy atom. The van der Waals surface area contributed by atoms with E-state index >= 15 is 0 Å². The zero-order valence-electron chi connectivity index (χ0n) is 17.9. The van der Waals surface area contributed by atoms with Gasteiger partial charge in [0.1, 0.15) is 16.4 Å². The lowest BCUT2D eigenvalue weighted by Crippen LogP contribution is -1.97. The maximum Gasteiger partial charge on any atom is 0.213 e. The van der Waals surface area contributed by atoms with Crippen LogP contribution in [0.2, 0.25) is 0 Å². The monoisotopic (exact) mass is 423 g/mol. The van der Waals surface area contributed by atoms with Crippen molar-refractivity contribution < 1.29 is 14.2 Å². The second kappa shape index (κ2) is 8.36. The molecule has 0 saturated carbocycles. The molecule has 0 bridgehead atoms. The number of hydrogen-bond donors (Lipinski definition) is 0. The van der Waals surface area contributed by atoms with Crippen molar-refractivity contribution in [1.29, 1.82) is 0 Å². The fourth-order valence-electron chi connectivity index (χ4n) is 3.51. The van der Waals surface area contributed by atoms with Gasteiger partial charge in [0.2, 0.25) is 10.7 Å². The quantitative estimate of drug-likeness (QED) is 0.405. The summed E-state index contributed by atoms with van der Waals surface area (Å²) in [6, 6.07) is 12.4. The highest BCUT2D eigenvalue weighted by atomic mass is 32.1. The minimum Gasteiger partial charge on any atom is -0.493 e. The highest BCUT2D eigenvalue weighted by Crippen LogP contribution is 2.43. The van der Waals surface area contributed by atoms with Crippen LogP contribution in [0.3, 0.4) is 0 Å². The van der Waals surface area contributed by atoms with Crippen molar-refractivity contribution in [2.24, 2.45) is 0 Å². The molecule has 7 heteroatoms. The molecular weight excluding hydrogens is 398 g/mol. The van der Waals surface area contributed by atoms with Gasteiger partial charge >= 0.3 is 0 Å². The van der Waals surface area contributed by atoms with Crippen molar-refractivity contribution in [1.82, 2.24) is 14.6 Å². The van der Waals surface area contributed by atoms with Gasteiger partial charge in [0.05, 0.1) is 21.3 Å². The molecule has 0 aliphatic carbocycles. The fourth-order valence-corrected chi connectivity index (χ4v) is 4.34. The van der Waals surface area contributed by atoms with Crippen LogP contribution in [-0.4, -0.2) is 35.9 Å². The molecule has 0 amide bonds. The van der Waals surface area contributed by atoms with Crippen molar-refractivity contribution in [2.45, 2.75) is 26.7 Å². The van der Waals surface area contributed by atoms with E-state index < -0.39 is 0 Å². The molecule has 0 aliphatic rings. The SMILES string of the molecule is CCc1ccc(-c2c(-c3cc(OC)c(OC)c(OC)c3)nc3sc(CC)nn23)cc1. The number of nitrogens with zero attached hydrogens (tertiary/aromatic N) is 3. The smallest absolute Gasteiger partial charge is 0.213 e. The molecule has 0 spiro atoms. The molecule has 0 unspecified atom stereocenters. The predicted molar refractivity (Wildman–Crippen MR) is 120 cm³/mol. The molecule has 4 rings (SSSR count). The van der Waals surface area contributed by atoms with E-state index in [9.17, 15) is 0 Å². The molecule has 2 aromatic heterocycles. The Morgan fingerprint density at radius 3 is 2.07 bits per heavy atom. The van der Waals surface area contributed by atoms with Gasteiger partial charge in [-0.15, -0.1) is 0 Å². The van der Waals surface area contributed by atoms with Gasteiger partial charge in [0, 0.05) is 11.1 Å². The lowest BCUT2D eigenvalue weighted by Gasteiger charge is -2.14. The minimum atomic E-state index is 0.560. The molecular formula is C23H25N3O3S. The van der Waals surface area contributed by atoms with Gasteiger partial charge < -0.3 is 14.2 Å². The number of hydrogen-bond acceptors (Lipinski definition) is 6. The van der Waals surface area contributed by atoms with Gasteiger partial charge in [-0.2, -0.15) is 5.10 Å².